The van der Waals surface area contributed by atoms with Gasteiger partial charge in [-0.05, 0) is 52.1 Å². The largest absolute Gasteiger partial charge is 0.341 e. The quantitative estimate of drug-likeness (QED) is 0.778. The number of nitrogens with zero attached hydrogens (tertiary/aromatic N) is 2. The number of hydrogen-bond acceptors (Lipinski definition) is 3. The third-order valence-corrected chi connectivity index (χ3v) is 4.59. The van der Waals surface area contributed by atoms with E-state index >= 15 is 0 Å². The molecular formula is C16H33N3O. The van der Waals surface area contributed by atoms with Crippen molar-refractivity contribution in [3.63, 3.8) is 0 Å². The first-order valence-electron chi connectivity index (χ1n) is 8.17. The van der Waals surface area contributed by atoms with E-state index in [4.69, 9.17) is 5.73 Å². The molecule has 1 heterocycles. The zero-order chi connectivity index (χ0) is 15.2. The van der Waals surface area contributed by atoms with Gasteiger partial charge in [0.15, 0.2) is 0 Å². The van der Waals surface area contributed by atoms with E-state index in [1.165, 1.54) is 19.4 Å². The van der Waals surface area contributed by atoms with Gasteiger partial charge in [0.25, 0.3) is 0 Å². The Bertz CT molecular complexity index is 296. The number of carbonyl (C=O) groups excluding carboxylic acids is 1. The molecule has 1 fully saturated rings. The van der Waals surface area contributed by atoms with Gasteiger partial charge >= 0.3 is 0 Å². The highest BCUT2D eigenvalue weighted by molar-refractivity contribution is 5.85. The van der Waals surface area contributed by atoms with Crippen molar-refractivity contribution in [2.75, 3.05) is 33.2 Å². The Hall–Kier alpha value is -0.610. The van der Waals surface area contributed by atoms with Gasteiger partial charge in [-0.25, -0.2) is 0 Å². The van der Waals surface area contributed by atoms with Gasteiger partial charge in [-0.3, -0.25) is 4.79 Å². The molecule has 1 atom stereocenters. The molecule has 0 aromatic rings. The highest BCUT2D eigenvalue weighted by Crippen LogP contribution is 2.21. The summed E-state index contributed by atoms with van der Waals surface area (Å²) in [5, 5.41) is 0. The van der Waals surface area contributed by atoms with Crippen LogP contribution in [0.5, 0.6) is 0 Å². The summed E-state index contributed by atoms with van der Waals surface area (Å²) in [5.74, 6) is 0.851. The van der Waals surface area contributed by atoms with E-state index < -0.39 is 5.54 Å². The average molecular weight is 283 g/mol. The zero-order valence-electron chi connectivity index (χ0n) is 13.8. The summed E-state index contributed by atoms with van der Waals surface area (Å²) in [5.41, 5.74) is 5.37. The van der Waals surface area contributed by atoms with Gasteiger partial charge in [0.1, 0.15) is 0 Å². The Labute approximate surface area is 124 Å². The normalized spacial score (nSPS) is 20.2. The van der Waals surface area contributed by atoms with E-state index in [1.807, 2.05) is 18.7 Å². The molecule has 0 aromatic heterocycles. The van der Waals surface area contributed by atoms with E-state index in [2.05, 4.69) is 18.9 Å². The maximum Gasteiger partial charge on any atom is 0.242 e. The van der Waals surface area contributed by atoms with Crippen molar-refractivity contribution in [2.24, 2.45) is 11.7 Å². The first-order chi connectivity index (χ1) is 9.40. The molecule has 0 aromatic carbocycles. The lowest BCUT2D eigenvalue weighted by atomic mass is 9.92. The number of carbonyl (C=O) groups is 1. The third kappa shape index (κ3) is 5.06. The van der Waals surface area contributed by atoms with Crippen molar-refractivity contribution in [3.8, 4) is 0 Å². The highest BCUT2D eigenvalue weighted by atomic mass is 16.2. The summed E-state index contributed by atoms with van der Waals surface area (Å²) in [4.78, 5) is 16.7. The van der Waals surface area contributed by atoms with E-state index in [9.17, 15) is 4.79 Å². The first kappa shape index (κ1) is 17.4. The van der Waals surface area contributed by atoms with Crippen LogP contribution in [0, 0.1) is 5.92 Å². The predicted molar refractivity (Wildman–Crippen MR) is 84.6 cm³/mol. The molecule has 20 heavy (non-hydrogen) atoms. The zero-order valence-corrected chi connectivity index (χ0v) is 13.8. The van der Waals surface area contributed by atoms with Crippen LogP contribution in [0.25, 0.3) is 0 Å². The van der Waals surface area contributed by atoms with Gasteiger partial charge in [-0.2, -0.15) is 0 Å². The van der Waals surface area contributed by atoms with Crippen LogP contribution >= 0.6 is 0 Å². The number of unbranched alkanes of at least 4 members (excludes halogenated alkanes) is 1. The van der Waals surface area contributed by atoms with Crippen molar-refractivity contribution in [3.05, 3.63) is 0 Å². The Morgan fingerprint density at radius 1 is 1.35 bits per heavy atom. The third-order valence-electron chi connectivity index (χ3n) is 4.59. The maximum absolute atomic E-state index is 12.3. The highest BCUT2D eigenvalue weighted by Gasteiger charge is 2.33. The van der Waals surface area contributed by atoms with Gasteiger partial charge < -0.3 is 15.5 Å². The van der Waals surface area contributed by atoms with Gasteiger partial charge in [0, 0.05) is 19.6 Å². The predicted octanol–water partition coefficient (Wildman–Crippen LogP) is 2.08. The van der Waals surface area contributed by atoms with Crippen LogP contribution in [0.3, 0.4) is 0 Å². The van der Waals surface area contributed by atoms with Crippen LogP contribution in [0.4, 0.5) is 0 Å². The molecule has 0 spiro atoms. The first-order valence-corrected chi connectivity index (χ1v) is 8.17. The standard InChI is InChI=1S/C16H33N3O/c1-5-7-10-18(4)13-14-8-11-19(12-9-14)15(20)16(3,17)6-2/h14H,5-13,17H2,1-4H3. The second-order valence-corrected chi connectivity index (χ2v) is 6.62. The minimum atomic E-state index is -0.690. The van der Waals surface area contributed by atoms with E-state index in [0.717, 1.165) is 38.4 Å². The molecule has 1 rings (SSSR count). The molecule has 1 amide bonds. The Kier molecular flexibility index (Phi) is 6.96. The fourth-order valence-electron chi connectivity index (χ4n) is 2.79. The summed E-state index contributed by atoms with van der Waals surface area (Å²) >= 11 is 0. The van der Waals surface area contributed by atoms with Crippen molar-refractivity contribution < 1.29 is 4.79 Å². The lowest BCUT2D eigenvalue weighted by Gasteiger charge is -2.37. The molecule has 4 nitrogen and oxygen atoms in total. The summed E-state index contributed by atoms with van der Waals surface area (Å²) in [6, 6.07) is 0. The van der Waals surface area contributed by atoms with Crippen LogP contribution in [-0.2, 0) is 4.79 Å². The second-order valence-electron chi connectivity index (χ2n) is 6.62. The monoisotopic (exact) mass is 283 g/mol. The van der Waals surface area contributed by atoms with Gasteiger partial charge in [-0.15, -0.1) is 0 Å². The van der Waals surface area contributed by atoms with Gasteiger partial charge in [0.05, 0.1) is 5.54 Å². The average Bonchev–Trinajstić information content (AvgIpc) is 2.45. The maximum atomic E-state index is 12.3. The molecule has 1 aliphatic rings. The van der Waals surface area contributed by atoms with Gasteiger partial charge in [0.2, 0.25) is 5.91 Å². The number of amides is 1. The number of likely N-dealkylation sites (tertiary alicyclic amines) is 1. The Morgan fingerprint density at radius 3 is 2.45 bits per heavy atom. The molecule has 118 valence electrons. The van der Waals surface area contributed by atoms with Crippen molar-refractivity contribution in [1.29, 1.82) is 0 Å². The number of rotatable bonds is 7. The van der Waals surface area contributed by atoms with E-state index in [-0.39, 0.29) is 5.91 Å². The fraction of sp³-hybridized carbons (Fsp3) is 0.938. The number of piperidine rings is 1. The van der Waals surface area contributed by atoms with Crippen molar-refractivity contribution in [2.45, 2.75) is 58.4 Å². The summed E-state index contributed by atoms with van der Waals surface area (Å²) in [7, 11) is 2.21. The lowest BCUT2D eigenvalue weighted by Crippen LogP contribution is -2.55. The minimum Gasteiger partial charge on any atom is -0.341 e. The van der Waals surface area contributed by atoms with E-state index in [1.54, 1.807) is 0 Å². The fourth-order valence-corrected chi connectivity index (χ4v) is 2.79. The number of nitrogens with two attached hydrogens (primary N) is 1. The second kappa shape index (κ2) is 7.99. The van der Waals surface area contributed by atoms with Crippen LogP contribution in [0.2, 0.25) is 0 Å². The smallest absolute Gasteiger partial charge is 0.242 e. The summed E-state index contributed by atoms with van der Waals surface area (Å²) in [6.07, 6.45) is 5.45. The Morgan fingerprint density at radius 2 is 1.95 bits per heavy atom. The topological polar surface area (TPSA) is 49.6 Å². The molecule has 1 saturated heterocycles. The SMILES string of the molecule is CCCCN(C)CC1CCN(C(=O)C(C)(N)CC)CC1. The van der Waals surface area contributed by atoms with Crippen LogP contribution in [-0.4, -0.2) is 54.5 Å². The molecular weight excluding hydrogens is 250 g/mol. The Balaban J connectivity index is 2.35. The summed E-state index contributed by atoms with van der Waals surface area (Å²) in [6.45, 7) is 10.2. The van der Waals surface area contributed by atoms with Crippen molar-refractivity contribution in [1.82, 2.24) is 9.80 Å². The molecule has 0 saturated carbocycles. The molecule has 0 radical (unpaired) electrons. The van der Waals surface area contributed by atoms with Crippen molar-refractivity contribution >= 4 is 5.91 Å². The molecule has 1 aliphatic heterocycles. The molecule has 0 aliphatic carbocycles. The lowest BCUT2D eigenvalue weighted by molar-refractivity contribution is -0.138. The molecule has 0 bridgehead atoms. The van der Waals surface area contributed by atoms with E-state index in [0.29, 0.717) is 6.42 Å². The molecule has 1 unspecified atom stereocenters. The minimum absolute atomic E-state index is 0.123. The van der Waals surface area contributed by atoms with Gasteiger partial charge in [-0.1, -0.05) is 20.3 Å². The molecule has 4 heteroatoms. The van der Waals surface area contributed by atoms with Crippen LogP contribution < -0.4 is 5.73 Å². The summed E-state index contributed by atoms with van der Waals surface area (Å²) < 4.78 is 0. The molecule has 2 N–H and O–H groups in total. The van der Waals surface area contributed by atoms with Crippen LogP contribution in [0.15, 0.2) is 0 Å². The van der Waals surface area contributed by atoms with Crippen LogP contribution in [0.1, 0.15) is 52.9 Å². The number of hydrogen-bond donors (Lipinski definition) is 1.